The molecule has 0 saturated carbocycles. The van der Waals surface area contributed by atoms with Crippen molar-refractivity contribution in [3.05, 3.63) is 76.9 Å². The van der Waals surface area contributed by atoms with E-state index in [4.69, 9.17) is 4.84 Å². The van der Waals surface area contributed by atoms with Gasteiger partial charge in [0.25, 0.3) is 0 Å². The van der Waals surface area contributed by atoms with E-state index in [1.165, 1.54) is 6.92 Å². The fourth-order valence-electron chi connectivity index (χ4n) is 4.69. The van der Waals surface area contributed by atoms with Crippen molar-refractivity contribution in [2.24, 2.45) is 5.16 Å². The molecule has 184 valence electrons. The Balaban J connectivity index is 1.15. The van der Waals surface area contributed by atoms with Crippen molar-refractivity contribution in [2.75, 3.05) is 13.1 Å². The summed E-state index contributed by atoms with van der Waals surface area (Å²) in [7, 11) is 0. The molecule has 0 spiro atoms. The third kappa shape index (κ3) is 4.96. The summed E-state index contributed by atoms with van der Waals surface area (Å²) in [6.45, 7) is 2.42. The van der Waals surface area contributed by atoms with Crippen molar-refractivity contribution >= 4 is 11.6 Å². The summed E-state index contributed by atoms with van der Waals surface area (Å²) < 4.78 is 39.8. The maximum atomic E-state index is 12.9. The number of alkyl halides is 3. The van der Waals surface area contributed by atoms with Crippen LogP contribution in [-0.2, 0) is 22.4 Å². The average molecular weight is 486 g/mol. The maximum absolute atomic E-state index is 12.9. The molecule has 5 rings (SSSR count). The number of likely N-dealkylation sites (tertiary alicyclic amines) is 1. The Morgan fingerprint density at radius 1 is 1.17 bits per heavy atom. The molecule has 3 aromatic rings. The van der Waals surface area contributed by atoms with E-state index >= 15 is 0 Å². The van der Waals surface area contributed by atoms with Crippen molar-refractivity contribution < 1.29 is 22.8 Å². The standard InChI is InChI=1S/C25H26F3N5O2/c1-16-11-23(25(26,27)28)30-33(16)15-24(34)32-9-7-17(8-10-32)20-12-19(14-29-20)21-13-22(35-31-21)18-5-3-2-4-6-18/h2-6,11-12,14,17,22,29H,7-10,13,15H2,1H3. The van der Waals surface area contributed by atoms with E-state index in [-0.39, 0.29) is 24.5 Å². The number of aryl methyl sites for hydroxylation is 1. The van der Waals surface area contributed by atoms with Gasteiger partial charge in [-0.25, -0.2) is 0 Å². The molecule has 0 aliphatic carbocycles. The Kier molecular flexibility index (Phi) is 6.12. The topological polar surface area (TPSA) is 75.5 Å². The van der Waals surface area contributed by atoms with Crippen molar-refractivity contribution in [1.29, 1.82) is 0 Å². The third-order valence-corrected chi connectivity index (χ3v) is 6.72. The monoisotopic (exact) mass is 485 g/mol. The molecule has 1 atom stereocenters. The molecule has 1 saturated heterocycles. The van der Waals surface area contributed by atoms with E-state index in [1.54, 1.807) is 4.90 Å². The number of aromatic nitrogens is 3. The molecule has 1 fully saturated rings. The summed E-state index contributed by atoms with van der Waals surface area (Å²) in [4.78, 5) is 23.4. The number of carbonyl (C=O) groups excluding carboxylic acids is 1. The van der Waals surface area contributed by atoms with Gasteiger partial charge in [0.1, 0.15) is 6.54 Å². The van der Waals surface area contributed by atoms with Crippen LogP contribution in [0, 0.1) is 6.92 Å². The molecule has 2 aliphatic heterocycles. The average Bonchev–Trinajstić information content (AvgIpc) is 3.60. The summed E-state index contributed by atoms with van der Waals surface area (Å²) in [5, 5.41) is 7.85. The van der Waals surface area contributed by atoms with Crippen LogP contribution in [0.2, 0.25) is 0 Å². The second kappa shape index (κ2) is 9.24. The fourth-order valence-corrected chi connectivity index (χ4v) is 4.69. The van der Waals surface area contributed by atoms with Crippen LogP contribution in [-0.4, -0.2) is 44.4 Å². The number of nitrogens with one attached hydrogen (secondary N) is 1. The lowest BCUT2D eigenvalue weighted by Crippen LogP contribution is -2.40. The van der Waals surface area contributed by atoms with Crippen molar-refractivity contribution in [3.63, 3.8) is 0 Å². The first kappa shape index (κ1) is 23.2. The smallest absolute Gasteiger partial charge is 0.387 e. The number of rotatable bonds is 5. The number of benzene rings is 1. The van der Waals surface area contributed by atoms with Crippen LogP contribution < -0.4 is 0 Å². The Morgan fingerprint density at radius 3 is 2.60 bits per heavy atom. The zero-order chi connectivity index (χ0) is 24.6. The van der Waals surface area contributed by atoms with Gasteiger partial charge < -0.3 is 14.7 Å². The van der Waals surface area contributed by atoms with Crippen LogP contribution in [0.3, 0.4) is 0 Å². The SMILES string of the molecule is Cc1cc(C(F)(F)F)nn1CC(=O)N1CCC(c2cc(C3=NOC(c4ccccc4)C3)c[nH]2)CC1. The number of piperidine rings is 1. The summed E-state index contributed by atoms with van der Waals surface area (Å²) in [6.07, 6.45) is -0.409. The van der Waals surface area contributed by atoms with E-state index in [0.717, 1.165) is 46.1 Å². The van der Waals surface area contributed by atoms with Gasteiger partial charge in [0, 0.05) is 48.6 Å². The Hall–Kier alpha value is -3.56. The van der Waals surface area contributed by atoms with Crippen LogP contribution in [0.15, 0.2) is 53.8 Å². The van der Waals surface area contributed by atoms with Gasteiger partial charge in [-0.3, -0.25) is 9.48 Å². The molecule has 1 N–H and O–H groups in total. The second-order valence-corrected chi connectivity index (χ2v) is 9.07. The number of hydrogen-bond donors (Lipinski definition) is 1. The minimum absolute atomic E-state index is 0.0792. The van der Waals surface area contributed by atoms with Crippen molar-refractivity contribution in [2.45, 2.75) is 50.9 Å². The number of aromatic amines is 1. The molecule has 7 nitrogen and oxygen atoms in total. The molecule has 10 heteroatoms. The molecule has 1 unspecified atom stereocenters. The van der Waals surface area contributed by atoms with E-state index in [1.807, 2.05) is 36.5 Å². The van der Waals surface area contributed by atoms with Gasteiger partial charge in [0.05, 0.1) is 5.71 Å². The van der Waals surface area contributed by atoms with Crippen LogP contribution in [0.5, 0.6) is 0 Å². The number of halogens is 3. The highest BCUT2D eigenvalue weighted by Crippen LogP contribution is 2.32. The lowest BCUT2D eigenvalue weighted by atomic mass is 9.93. The first-order valence-electron chi connectivity index (χ1n) is 11.6. The van der Waals surface area contributed by atoms with Crippen molar-refractivity contribution in [1.82, 2.24) is 19.7 Å². The lowest BCUT2D eigenvalue weighted by Gasteiger charge is -2.31. The molecule has 2 aliphatic rings. The molecule has 1 aromatic carbocycles. The number of nitrogens with zero attached hydrogens (tertiary/aromatic N) is 4. The lowest BCUT2D eigenvalue weighted by molar-refractivity contribution is -0.142. The molecule has 4 heterocycles. The van der Waals surface area contributed by atoms with Crippen LogP contribution in [0.25, 0.3) is 0 Å². The van der Waals surface area contributed by atoms with Gasteiger partial charge in [-0.1, -0.05) is 35.5 Å². The highest BCUT2D eigenvalue weighted by Gasteiger charge is 2.35. The van der Waals surface area contributed by atoms with Gasteiger partial charge in [-0.2, -0.15) is 18.3 Å². The molecule has 1 amide bonds. The predicted molar refractivity (Wildman–Crippen MR) is 123 cm³/mol. The van der Waals surface area contributed by atoms with Gasteiger partial charge in [-0.05, 0) is 37.5 Å². The minimum Gasteiger partial charge on any atom is -0.387 e. The predicted octanol–water partition coefficient (Wildman–Crippen LogP) is 4.81. The molecular formula is C25H26F3N5O2. The second-order valence-electron chi connectivity index (χ2n) is 9.07. The van der Waals surface area contributed by atoms with Gasteiger partial charge in [0.15, 0.2) is 11.8 Å². The highest BCUT2D eigenvalue weighted by molar-refractivity contribution is 6.01. The first-order chi connectivity index (χ1) is 16.8. The summed E-state index contributed by atoms with van der Waals surface area (Å²) >= 11 is 0. The van der Waals surface area contributed by atoms with Gasteiger partial charge in [-0.15, -0.1) is 0 Å². The Morgan fingerprint density at radius 2 is 1.91 bits per heavy atom. The zero-order valence-electron chi connectivity index (χ0n) is 19.3. The molecule has 0 bridgehead atoms. The van der Waals surface area contributed by atoms with Crippen LogP contribution >= 0.6 is 0 Å². The zero-order valence-corrected chi connectivity index (χ0v) is 19.3. The normalized spacial score (nSPS) is 19.0. The molecular weight excluding hydrogens is 459 g/mol. The van der Waals surface area contributed by atoms with Crippen LogP contribution in [0.1, 0.15) is 59.5 Å². The maximum Gasteiger partial charge on any atom is 0.435 e. The van der Waals surface area contributed by atoms with E-state index in [2.05, 4.69) is 21.3 Å². The quantitative estimate of drug-likeness (QED) is 0.564. The number of H-pyrrole nitrogens is 1. The summed E-state index contributed by atoms with van der Waals surface area (Å²) in [6, 6.07) is 13.1. The molecule has 0 radical (unpaired) electrons. The van der Waals surface area contributed by atoms with Gasteiger partial charge in [0.2, 0.25) is 5.91 Å². The van der Waals surface area contributed by atoms with Crippen LogP contribution in [0.4, 0.5) is 13.2 Å². The largest absolute Gasteiger partial charge is 0.435 e. The minimum atomic E-state index is -4.52. The van der Waals surface area contributed by atoms with E-state index < -0.39 is 11.9 Å². The Labute approximate surface area is 200 Å². The number of amides is 1. The number of oxime groups is 1. The molecule has 2 aromatic heterocycles. The first-order valence-corrected chi connectivity index (χ1v) is 11.6. The van der Waals surface area contributed by atoms with E-state index in [9.17, 15) is 18.0 Å². The summed E-state index contributed by atoms with van der Waals surface area (Å²) in [5.74, 6) is 0.0453. The van der Waals surface area contributed by atoms with E-state index in [0.29, 0.717) is 25.2 Å². The molecule has 35 heavy (non-hydrogen) atoms. The van der Waals surface area contributed by atoms with Gasteiger partial charge >= 0.3 is 6.18 Å². The number of hydrogen-bond acceptors (Lipinski definition) is 4. The Bertz CT molecular complexity index is 1220. The summed E-state index contributed by atoms with van der Waals surface area (Å²) in [5.41, 5.74) is 3.44. The highest BCUT2D eigenvalue weighted by atomic mass is 19.4. The fraction of sp³-hybridized carbons (Fsp3) is 0.400. The number of carbonyl (C=O) groups is 1. The van der Waals surface area contributed by atoms with Crippen molar-refractivity contribution in [3.8, 4) is 0 Å². The third-order valence-electron chi connectivity index (χ3n) is 6.72.